The van der Waals surface area contributed by atoms with Crippen molar-refractivity contribution in [1.82, 2.24) is 0 Å². The first-order valence-corrected chi connectivity index (χ1v) is 6.59. The van der Waals surface area contributed by atoms with Gasteiger partial charge in [0.2, 0.25) is 0 Å². The van der Waals surface area contributed by atoms with Crippen LogP contribution in [-0.4, -0.2) is 0 Å². The molecule has 0 amide bonds. The van der Waals surface area contributed by atoms with Crippen molar-refractivity contribution in [3.8, 4) is 0 Å². The molecular weight excluding hydrogens is 294 g/mol. The molecule has 0 radical (unpaired) electrons. The molecule has 0 nitrogen and oxygen atoms in total. The van der Waals surface area contributed by atoms with E-state index >= 15 is 0 Å². The second-order valence-electron chi connectivity index (χ2n) is 3.97. The molecule has 0 aliphatic heterocycles. The molecule has 1 atom stereocenters. The first kappa shape index (κ1) is 13.7. The molecule has 0 N–H and O–H groups in total. The van der Waals surface area contributed by atoms with Crippen LogP contribution < -0.4 is 0 Å². The van der Waals surface area contributed by atoms with Crippen LogP contribution in [0.2, 0.25) is 10.0 Å². The van der Waals surface area contributed by atoms with Gasteiger partial charge in [-0.25, -0.2) is 4.39 Å². The van der Waals surface area contributed by atoms with E-state index in [2.05, 4.69) is 0 Å². The van der Waals surface area contributed by atoms with Gasteiger partial charge in [-0.15, -0.1) is 11.6 Å². The largest absolute Gasteiger partial charge is 0.205 e. The molecule has 2 aromatic carbocycles. The number of hydrogen-bond donors (Lipinski definition) is 0. The van der Waals surface area contributed by atoms with E-state index in [0.717, 1.165) is 11.1 Å². The first-order valence-electron chi connectivity index (χ1n) is 5.40. The lowest BCUT2D eigenvalue weighted by atomic mass is 10.0. The third-order valence-electron chi connectivity index (χ3n) is 2.63. The lowest BCUT2D eigenvalue weighted by Crippen LogP contribution is -1.96. The third-order valence-corrected chi connectivity index (χ3v) is 3.58. The van der Waals surface area contributed by atoms with Gasteiger partial charge < -0.3 is 0 Å². The highest BCUT2D eigenvalue weighted by Crippen LogP contribution is 2.28. The van der Waals surface area contributed by atoms with Crippen molar-refractivity contribution >= 4 is 34.8 Å². The Morgan fingerprint density at radius 3 is 2.28 bits per heavy atom. The van der Waals surface area contributed by atoms with Crippen LogP contribution in [0.4, 0.5) is 4.39 Å². The van der Waals surface area contributed by atoms with Gasteiger partial charge in [-0.05, 0) is 41.8 Å². The van der Waals surface area contributed by atoms with E-state index in [9.17, 15) is 4.39 Å². The van der Waals surface area contributed by atoms with Gasteiger partial charge in [-0.2, -0.15) is 0 Å². The summed E-state index contributed by atoms with van der Waals surface area (Å²) in [6.45, 7) is 0. The van der Waals surface area contributed by atoms with Gasteiger partial charge in [0.05, 0.1) is 10.4 Å². The minimum Gasteiger partial charge on any atom is -0.205 e. The highest BCUT2D eigenvalue weighted by molar-refractivity contribution is 6.31. The van der Waals surface area contributed by atoms with Gasteiger partial charge in [-0.1, -0.05) is 41.4 Å². The molecule has 0 saturated heterocycles. The fourth-order valence-electron chi connectivity index (χ4n) is 1.65. The van der Waals surface area contributed by atoms with Gasteiger partial charge in [0.25, 0.3) is 0 Å². The second-order valence-corrected chi connectivity index (χ2v) is 5.34. The minimum atomic E-state index is -0.434. The van der Waals surface area contributed by atoms with E-state index in [1.54, 1.807) is 12.1 Å². The summed E-state index contributed by atoms with van der Waals surface area (Å²) in [6.07, 6.45) is 0.640. The summed E-state index contributed by atoms with van der Waals surface area (Å²) in [7, 11) is 0. The Hall–Kier alpha value is -0.760. The fourth-order valence-corrected chi connectivity index (χ4v) is 2.28. The maximum atomic E-state index is 13.0. The summed E-state index contributed by atoms with van der Waals surface area (Å²) in [4.78, 5) is 0. The Labute approximate surface area is 120 Å². The number of benzene rings is 2. The molecule has 4 heteroatoms. The normalized spacial score (nSPS) is 12.4. The summed E-state index contributed by atoms with van der Waals surface area (Å²) in [5, 5.41) is 0.535. The average molecular weight is 304 g/mol. The topological polar surface area (TPSA) is 0 Å². The van der Waals surface area contributed by atoms with Crippen LogP contribution in [0, 0.1) is 5.82 Å². The number of hydrogen-bond acceptors (Lipinski definition) is 0. The molecule has 94 valence electrons. The van der Waals surface area contributed by atoms with Gasteiger partial charge in [0.15, 0.2) is 0 Å². The van der Waals surface area contributed by atoms with Crippen LogP contribution in [-0.2, 0) is 6.42 Å². The standard InChI is InChI=1S/C14H10Cl3F/c15-11-4-1-9(2-5-11)7-12(16)10-3-6-14(18)13(17)8-10/h1-6,8,12H,7H2. The molecule has 0 aliphatic carbocycles. The zero-order valence-electron chi connectivity index (χ0n) is 9.34. The van der Waals surface area contributed by atoms with Gasteiger partial charge in [0, 0.05) is 5.02 Å². The predicted octanol–water partition coefficient (Wildman–Crippen LogP) is 5.66. The van der Waals surface area contributed by atoms with Crippen molar-refractivity contribution < 1.29 is 4.39 Å². The van der Waals surface area contributed by atoms with Crippen LogP contribution in [0.1, 0.15) is 16.5 Å². The van der Waals surface area contributed by atoms with Crippen molar-refractivity contribution in [2.75, 3.05) is 0 Å². The van der Waals surface area contributed by atoms with Crippen molar-refractivity contribution in [2.45, 2.75) is 11.8 Å². The maximum Gasteiger partial charge on any atom is 0.141 e. The van der Waals surface area contributed by atoms with Crippen molar-refractivity contribution in [3.63, 3.8) is 0 Å². The van der Waals surface area contributed by atoms with Gasteiger partial charge in [0.1, 0.15) is 5.82 Å². The van der Waals surface area contributed by atoms with E-state index in [4.69, 9.17) is 34.8 Å². The Morgan fingerprint density at radius 2 is 1.67 bits per heavy atom. The van der Waals surface area contributed by atoms with Crippen molar-refractivity contribution in [3.05, 3.63) is 69.5 Å². The summed E-state index contributed by atoms with van der Waals surface area (Å²) in [5.41, 5.74) is 1.87. The fraction of sp³-hybridized carbons (Fsp3) is 0.143. The molecule has 0 saturated carbocycles. The average Bonchev–Trinajstić information content (AvgIpc) is 2.35. The third kappa shape index (κ3) is 3.38. The van der Waals surface area contributed by atoms with E-state index < -0.39 is 5.82 Å². The molecule has 2 aromatic rings. The molecule has 2 rings (SSSR count). The molecule has 0 heterocycles. The molecule has 1 unspecified atom stereocenters. The molecule has 0 bridgehead atoms. The zero-order chi connectivity index (χ0) is 13.1. The molecule has 18 heavy (non-hydrogen) atoms. The quantitative estimate of drug-likeness (QED) is 0.642. The van der Waals surface area contributed by atoms with Crippen LogP contribution >= 0.6 is 34.8 Å². The van der Waals surface area contributed by atoms with E-state index in [1.807, 2.05) is 24.3 Å². The SMILES string of the molecule is Fc1ccc(C(Cl)Cc2ccc(Cl)cc2)cc1Cl. The summed E-state index contributed by atoms with van der Waals surface area (Å²) < 4.78 is 13.0. The van der Waals surface area contributed by atoms with Crippen LogP contribution in [0.3, 0.4) is 0 Å². The lowest BCUT2D eigenvalue weighted by molar-refractivity contribution is 0.627. The Balaban J connectivity index is 2.13. The number of rotatable bonds is 3. The van der Waals surface area contributed by atoms with Gasteiger partial charge >= 0.3 is 0 Å². The first-order chi connectivity index (χ1) is 8.56. The van der Waals surface area contributed by atoms with Crippen molar-refractivity contribution in [1.29, 1.82) is 0 Å². The second kappa shape index (κ2) is 5.92. The zero-order valence-corrected chi connectivity index (χ0v) is 11.6. The van der Waals surface area contributed by atoms with E-state index in [1.165, 1.54) is 6.07 Å². The predicted molar refractivity (Wildman–Crippen MR) is 75.2 cm³/mol. The van der Waals surface area contributed by atoms with Crippen molar-refractivity contribution in [2.24, 2.45) is 0 Å². The number of alkyl halides is 1. The van der Waals surface area contributed by atoms with E-state index in [-0.39, 0.29) is 10.4 Å². The maximum absolute atomic E-state index is 13.0. The molecular formula is C14H10Cl3F. The Morgan fingerprint density at radius 1 is 1.00 bits per heavy atom. The summed E-state index contributed by atoms with van der Waals surface area (Å²) in [5.74, 6) is -0.434. The molecule has 0 fully saturated rings. The Kier molecular flexibility index (Phi) is 4.50. The summed E-state index contributed by atoms with van der Waals surface area (Å²) in [6, 6.07) is 12.0. The van der Waals surface area contributed by atoms with Crippen LogP contribution in [0.5, 0.6) is 0 Å². The van der Waals surface area contributed by atoms with Gasteiger partial charge in [-0.3, -0.25) is 0 Å². The van der Waals surface area contributed by atoms with Crippen LogP contribution in [0.25, 0.3) is 0 Å². The smallest absolute Gasteiger partial charge is 0.141 e. The molecule has 0 spiro atoms. The molecule has 0 aromatic heterocycles. The Bertz CT molecular complexity index is 537. The summed E-state index contributed by atoms with van der Waals surface area (Å²) >= 11 is 17.8. The highest BCUT2D eigenvalue weighted by atomic mass is 35.5. The minimum absolute atomic E-state index is 0.0919. The van der Waals surface area contributed by atoms with Crippen LogP contribution in [0.15, 0.2) is 42.5 Å². The highest BCUT2D eigenvalue weighted by Gasteiger charge is 2.11. The van der Waals surface area contributed by atoms with E-state index in [0.29, 0.717) is 11.4 Å². The number of halogens is 4. The monoisotopic (exact) mass is 302 g/mol. The molecule has 0 aliphatic rings. The lowest BCUT2D eigenvalue weighted by Gasteiger charge is -2.10.